The molecule has 1 heterocycles. The number of piperazine rings is 1. The maximum atomic E-state index is 12.8. The minimum atomic E-state index is -3.76. The zero-order valence-corrected chi connectivity index (χ0v) is 17.6. The molecule has 156 valence electrons. The van der Waals surface area contributed by atoms with Gasteiger partial charge in [-0.15, -0.1) is 0 Å². The van der Waals surface area contributed by atoms with Crippen molar-refractivity contribution < 1.29 is 21.6 Å². The van der Waals surface area contributed by atoms with Crippen LogP contribution in [0.4, 0.5) is 0 Å². The van der Waals surface area contributed by atoms with Crippen LogP contribution in [0.25, 0.3) is 0 Å². The van der Waals surface area contributed by atoms with Crippen molar-refractivity contribution in [3.63, 3.8) is 0 Å². The molecule has 0 spiro atoms. The van der Waals surface area contributed by atoms with Crippen molar-refractivity contribution in [1.29, 1.82) is 0 Å². The van der Waals surface area contributed by atoms with Crippen molar-refractivity contribution in [2.45, 2.75) is 23.3 Å². The van der Waals surface area contributed by atoms with Gasteiger partial charge in [0, 0.05) is 39.6 Å². The summed E-state index contributed by atoms with van der Waals surface area (Å²) in [5.74, 6) is -0.0837. The third-order valence-electron chi connectivity index (χ3n) is 4.76. The third kappa shape index (κ3) is 5.02. The van der Waals surface area contributed by atoms with Crippen LogP contribution in [0.1, 0.15) is 12.5 Å². The summed E-state index contributed by atoms with van der Waals surface area (Å²) >= 11 is 0. The highest BCUT2D eigenvalue weighted by Gasteiger charge is 2.29. The highest BCUT2D eigenvalue weighted by atomic mass is 32.2. The van der Waals surface area contributed by atoms with Gasteiger partial charge >= 0.3 is 0 Å². The monoisotopic (exact) mass is 437 g/mol. The van der Waals surface area contributed by atoms with Gasteiger partial charge in [-0.2, -0.15) is 4.31 Å². The van der Waals surface area contributed by atoms with E-state index >= 15 is 0 Å². The van der Waals surface area contributed by atoms with E-state index in [1.54, 1.807) is 4.90 Å². The van der Waals surface area contributed by atoms with Crippen LogP contribution in [0.3, 0.4) is 0 Å². The number of hydrogen-bond acceptors (Lipinski definition) is 5. The van der Waals surface area contributed by atoms with Gasteiger partial charge in [-0.3, -0.25) is 4.79 Å². The molecule has 2 aromatic rings. The fourth-order valence-electron chi connectivity index (χ4n) is 3.04. The summed E-state index contributed by atoms with van der Waals surface area (Å²) in [4.78, 5) is 13.0. The molecule has 0 aromatic heterocycles. The van der Waals surface area contributed by atoms with E-state index < -0.39 is 20.0 Å². The van der Waals surface area contributed by atoms with Gasteiger partial charge in [0.15, 0.2) is 0 Å². The highest BCUT2D eigenvalue weighted by Crippen LogP contribution is 2.20. The average Bonchev–Trinajstić information content (AvgIpc) is 2.73. The molecule has 1 N–H and O–H groups in total. The van der Waals surface area contributed by atoms with Crippen LogP contribution in [0, 0.1) is 0 Å². The summed E-state index contributed by atoms with van der Waals surface area (Å²) in [6.45, 7) is 2.69. The van der Waals surface area contributed by atoms with E-state index in [-0.39, 0.29) is 35.3 Å². The first-order valence-corrected chi connectivity index (χ1v) is 12.0. The number of nitrogens with one attached hydrogen (secondary N) is 1. The minimum Gasteiger partial charge on any atom is -0.340 e. The Morgan fingerprint density at radius 1 is 0.862 bits per heavy atom. The standard InChI is InChI=1S/C19H23N3O5S2/c1-16(23)21-11-13-22(14-12-21)29(26,27)19-9-7-18(8-10-19)28(24,25)20-15-17-5-3-2-4-6-17/h2-10,20H,11-15H2,1H3. The quantitative estimate of drug-likeness (QED) is 0.727. The first-order chi connectivity index (χ1) is 13.7. The summed E-state index contributed by atoms with van der Waals surface area (Å²) in [6, 6.07) is 14.3. The lowest BCUT2D eigenvalue weighted by atomic mass is 10.2. The van der Waals surface area contributed by atoms with E-state index in [1.807, 2.05) is 30.3 Å². The van der Waals surface area contributed by atoms with Crippen molar-refractivity contribution in [2.24, 2.45) is 0 Å². The number of benzene rings is 2. The van der Waals surface area contributed by atoms with Gasteiger partial charge in [-0.1, -0.05) is 30.3 Å². The van der Waals surface area contributed by atoms with Crippen LogP contribution in [-0.2, 0) is 31.4 Å². The van der Waals surface area contributed by atoms with Gasteiger partial charge in [-0.05, 0) is 29.8 Å². The van der Waals surface area contributed by atoms with Gasteiger partial charge in [0.1, 0.15) is 0 Å². The van der Waals surface area contributed by atoms with Crippen LogP contribution in [0.5, 0.6) is 0 Å². The first kappa shape index (κ1) is 21.4. The molecule has 10 heteroatoms. The van der Waals surface area contributed by atoms with E-state index in [2.05, 4.69) is 4.72 Å². The largest absolute Gasteiger partial charge is 0.340 e. The number of hydrogen-bond donors (Lipinski definition) is 1. The molecule has 0 saturated carbocycles. The fourth-order valence-corrected chi connectivity index (χ4v) is 5.48. The minimum absolute atomic E-state index is 0.00576. The molecule has 1 fully saturated rings. The van der Waals surface area contributed by atoms with Crippen LogP contribution in [0.15, 0.2) is 64.4 Å². The normalized spacial score (nSPS) is 16.0. The SMILES string of the molecule is CC(=O)N1CCN(S(=O)(=O)c2ccc(S(=O)(=O)NCc3ccccc3)cc2)CC1. The number of sulfonamides is 2. The Bertz CT molecular complexity index is 1060. The highest BCUT2D eigenvalue weighted by molar-refractivity contribution is 7.89. The lowest BCUT2D eigenvalue weighted by Gasteiger charge is -2.33. The van der Waals surface area contributed by atoms with Crippen LogP contribution in [-0.4, -0.2) is 58.1 Å². The molecule has 0 atom stereocenters. The molecule has 1 saturated heterocycles. The third-order valence-corrected chi connectivity index (χ3v) is 8.09. The van der Waals surface area contributed by atoms with E-state index in [0.29, 0.717) is 13.1 Å². The number of carbonyl (C=O) groups is 1. The van der Waals surface area contributed by atoms with E-state index in [1.165, 1.54) is 35.5 Å². The van der Waals surface area contributed by atoms with Gasteiger partial charge < -0.3 is 4.90 Å². The molecule has 8 nitrogen and oxygen atoms in total. The number of amides is 1. The second kappa shape index (κ2) is 8.62. The van der Waals surface area contributed by atoms with Crippen molar-refractivity contribution in [1.82, 2.24) is 13.9 Å². The Kier molecular flexibility index (Phi) is 6.37. The van der Waals surface area contributed by atoms with Crippen molar-refractivity contribution in [3.8, 4) is 0 Å². The zero-order chi connectivity index (χ0) is 21.1. The van der Waals surface area contributed by atoms with Gasteiger partial charge in [0.2, 0.25) is 26.0 Å². The molecule has 0 bridgehead atoms. The van der Waals surface area contributed by atoms with Crippen molar-refractivity contribution in [3.05, 3.63) is 60.2 Å². The summed E-state index contributed by atoms with van der Waals surface area (Å²) in [5.41, 5.74) is 0.819. The second-order valence-electron chi connectivity index (χ2n) is 6.69. The Hall–Kier alpha value is -2.27. The Morgan fingerprint density at radius 3 is 1.97 bits per heavy atom. The van der Waals surface area contributed by atoms with E-state index in [4.69, 9.17) is 0 Å². The summed E-state index contributed by atoms with van der Waals surface area (Å²) in [6.07, 6.45) is 0. The fraction of sp³-hybridized carbons (Fsp3) is 0.316. The second-order valence-corrected chi connectivity index (χ2v) is 10.4. The Labute approximate surface area is 171 Å². The predicted octanol–water partition coefficient (Wildman–Crippen LogP) is 1.02. The number of rotatable bonds is 6. The van der Waals surface area contributed by atoms with Crippen LogP contribution < -0.4 is 4.72 Å². The number of nitrogens with zero attached hydrogens (tertiary/aromatic N) is 2. The summed E-state index contributed by atoms with van der Waals surface area (Å²) in [5, 5.41) is 0. The maximum Gasteiger partial charge on any atom is 0.243 e. The Morgan fingerprint density at radius 2 is 1.41 bits per heavy atom. The lowest BCUT2D eigenvalue weighted by molar-refractivity contribution is -0.129. The Balaban J connectivity index is 1.69. The molecular weight excluding hydrogens is 414 g/mol. The molecule has 3 rings (SSSR count). The molecule has 1 aliphatic heterocycles. The molecular formula is C19H23N3O5S2. The molecule has 2 aromatic carbocycles. The van der Waals surface area contributed by atoms with Gasteiger partial charge in [-0.25, -0.2) is 21.6 Å². The number of carbonyl (C=O) groups excluding carboxylic acids is 1. The first-order valence-electron chi connectivity index (χ1n) is 9.09. The lowest BCUT2D eigenvalue weighted by Crippen LogP contribution is -2.49. The molecule has 0 radical (unpaired) electrons. The predicted molar refractivity (Wildman–Crippen MR) is 108 cm³/mol. The van der Waals surface area contributed by atoms with Crippen LogP contribution >= 0.6 is 0 Å². The molecule has 1 amide bonds. The summed E-state index contributed by atoms with van der Waals surface area (Å²) in [7, 11) is -7.51. The zero-order valence-electron chi connectivity index (χ0n) is 16.0. The van der Waals surface area contributed by atoms with Crippen LogP contribution in [0.2, 0.25) is 0 Å². The molecule has 1 aliphatic rings. The summed E-state index contributed by atoms with van der Waals surface area (Å²) < 4.78 is 54.3. The average molecular weight is 438 g/mol. The topological polar surface area (TPSA) is 104 Å². The van der Waals surface area contributed by atoms with E-state index in [9.17, 15) is 21.6 Å². The smallest absolute Gasteiger partial charge is 0.243 e. The van der Waals surface area contributed by atoms with Gasteiger partial charge in [0.05, 0.1) is 9.79 Å². The van der Waals surface area contributed by atoms with Crippen molar-refractivity contribution in [2.75, 3.05) is 26.2 Å². The van der Waals surface area contributed by atoms with Gasteiger partial charge in [0.25, 0.3) is 0 Å². The van der Waals surface area contributed by atoms with E-state index in [0.717, 1.165) is 5.56 Å². The maximum absolute atomic E-state index is 12.8. The molecule has 0 unspecified atom stereocenters. The molecule has 0 aliphatic carbocycles. The molecule has 29 heavy (non-hydrogen) atoms. The van der Waals surface area contributed by atoms with Crippen molar-refractivity contribution >= 4 is 26.0 Å².